The molecular formula is C24H32N2O4Si. The Bertz CT molecular complexity index is 912. The zero-order valence-electron chi connectivity index (χ0n) is 18.5. The highest BCUT2D eigenvalue weighted by Gasteiger charge is 2.44. The van der Waals surface area contributed by atoms with Crippen LogP contribution < -0.4 is 10.5 Å². The third-order valence-electron chi connectivity index (χ3n) is 6.54. The predicted molar refractivity (Wildman–Crippen MR) is 124 cm³/mol. The molecular weight excluding hydrogens is 408 g/mol. The lowest BCUT2D eigenvalue weighted by molar-refractivity contribution is -0.139. The number of nitrogens with zero attached hydrogens (tertiary/aromatic N) is 1. The molecule has 2 unspecified atom stereocenters. The zero-order chi connectivity index (χ0) is 22.6. The molecule has 2 aromatic rings. The maximum atomic E-state index is 12.2. The van der Waals surface area contributed by atoms with Crippen molar-refractivity contribution in [1.82, 2.24) is 10.2 Å². The molecule has 6 nitrogen and oxygen atoms in total. The molecule has 1 saturated heterocycles. The van der Waals surface area contributed by atoms with Gasteiger partial charge in [-0.1, -0.05) is 54.7 Å². The van der Waals surface area contributed by atoms with Gasteiger partial charge in [0.15, 0.2) is 0 Å². The van der Waals surface area contributed by atoms with Crippen LogP contribution in [-0.4, -0.2) is 54.2 Å². The first-order chi connectivity index (χ1) is 14.7. The molecule has 2 aromatic carbocycles. The molecule has 0 aliphatic carbocycles. The Morgan fingerprint density at radius 3 is 2.26 bits per heavy atom. The fourth-order valence-electron chi connectivity index (χ4n) is 4.49. The lowest BCUT2D eigenvalue weighted by Crippen LogP contribution is -2.51. The van der Waals surface area contributed by atoms with Crippen LogP contribution in [0.4, 0.5) is 0 Å². The van der Waals surface area contributed by atoms with Gasteiger partial charge in [0.1, 0.15) is 11.8 Å². The third-order valence-corrected chi connectivity index (χ3v) is 10.8. The molecule has 0 bridgehead atoms. The average molecular weight is 441 g/mol. The first-order valence-electron chi connectivity index (χ1n) is 10.8. The summed E-state index contributed by atoms with van der Waals surface area (Å²) in [6, 6.07) is 15.0. The SMILES string of the molecule is CC(=O)N(CCc1ccc(O)cc1)Cc1ccc([Si](C)(C)C2CCNC2C(=O)O)cc1. The van der Waals surface area contributed by atoms with Crippen LogP contribution in [0.15, 0.2) is 48.5 Å². The molecule has 1 fully saturated rings. The fourth-order valence-corrected chi connectivity index (χ4v) is 7.90. The van der Waals surface area contributed by atoms with Crippen LogP contribution in [0.25, 0.3) is 0 Å². The normalized spacial score (nSPS) is 18.7. The Balaban J connectivity index is 1.67. The molecule has 1 aliphatic heterocycles. The number of hydrogen-bond donors (Lipinski definition) is 3. The van der Waals surface area contributed by atoms with Gasteiger partial charge in [-0.3, -0.25) is 9.59 Å². The van der Waals surface area contributed by atoms with Gasteiger partial charge in [0.25, 0.3) is 0 Å². The van der Waals surface area contributed by atoms with E-state index in [2.05, 4.69) is 42.7 Å². The van der Waals surface area contributed by atoms with Crippen LogP contribution in [0.1, 0.15) is 24.5 Å². The Kier molecular flexibility index (Phi) is 7.18. The summed E-state index contributed by atoms with van der Waals surface area (Å²) in [5.41, 5.74) is 2.30. The van der Waals surface area contributed by atoms with Gasteiger partial charge in [0.05, 0.1) is 8.07 Å². The van der Waals surface area contributed by atoms with E-state index in [0.717, 1.165) is 30.5 Å². The molecule has 7 heteroatoms. The summed E-state index contributed by atoms with van der Waals surface area (Å²) < 4.78 is 0. The van der Waals surface area contributed by atoms with E-state index < -0.39 is 20.1 Å². The Morgan fingerprint density at radius 2 is 1.68 bits per heavy atom. The fraction of sp³-hybridized carbons (Fsp3) is 0.417. The molecule has 0 radical (unpaired) electrons. The quantitative estimate of drug-likeness (QED) is 0.549. The summed E-state index contributed by atoms with van der Waals surface area (Å²) in [5.74, 6) is -0.494. The molecule has 166 valence electrons. The number of rotatable bonds is 8. The molecule has 1 heterocycles. The van der Waals surface area contributed by atoms with Crippen LogP contribution in [0.2, 0.25) is 18.6 Å². The molecule has 3 rings (SSSR count). The lowest BCUT2D eigenvalue weighted by Gasteiger charge is -2.32. The number of carbonyl (C=O) groups is 2. The number of benzene rings is 2. The van der Waals surface area contributed by atoms with Crippen LogP contribution in [0, 0.1) is 0 Å². The number of nitrogens with one attached hydrogen (secondary N) is 1. The molecule has 0 aromatic heterocycles. The van der Waals surface area contributed by atoms with Crippen molar-refractivity contribution in [2.75, 3.05) is 13.1 Å². The van der Waals surface area contributed by atoms with E-state index in [1.54, 1.807) is 19.1 Å². The zero-order valence-corrected chi connectivity index (χ0v) is 19.5. The highest BCUT2D eigenvalue weighted by Crippen LogP contribution is 2.33. The standard InChI is InChI=1S/C24H32N2O4Si/c1-17(27)26(15-13-18-4-8-20(28)9-5-18)16-19-6-10-21(11-7-19)31(2,3)22-12-14-25-23(22)24(29)30/h4-11,22-23,25,28H,12-16H2,1-3H3,(H,29,30). The predicted octanol–water partition coefficient (Wildman–Crippen LogP) is 2.72. The van der Waals surface area contributed by atoms with Crippen molar-refractivity contribution < 1.29 is 19.8 Å². The topological polar surface area (TPSA) is 89.9 Å². The molecule has 1 aliphatic rings. The van der Waals surface area contributed by atoms with E-state index in [9.17, 15) is 19.8 Å². The van der Waals surface area contributed by atoms with Gasteiger partial charge in [0.2, 0.25) is 5.91 Å². The van der Waals surface area contributed by atoms with E-state index in [-0.39, 0.29) is 17.2 Å². The van der Waals surface area contributed by atoms with E-state index in [0.29, 0.717) is 13.1 Å². The van der Waals surface area contributed by atoms with Crippen molar-refractivity contribution in [3.63, 3.8) is 0 Å². The Labute approximate surface area is 184 Å². The van der Waals surface area contributed by atoms with Gasteiger partial charge >= 0.3 is 5.97 Å². The lowest BCUT2D eigenvalue weighted by atomic mass is 10.1. The maximum absolute atomic E-state index is 12.2. The largest absolute Gasteiger partial charge is 0.508 e. The first kappa shape index (κ1) is 23.0. The highest BCUT2D eigenvalue weighted by molar-refractivity contribution is 6.91. The Hall–Kier alpha value is -2.64. The van der Waals surface area contributed by atoms with Gasteiger partial charge in [-0.2, -0.15) is 0 Å². The van der Waals surface area contributed by atoms with E-state index in [1.807, 2.05) is 17.0 Å². The number of phenols is 1. The van der Waals surface area contributed by atoms with E-state index >= 15 is 0 Å². The summed E-state index contributed by atoms with van der Waals surface area (Å²) in [7, 11) is -1.97. The van der Waals surface area contributed by atoms with Crippen molar-refractivity contribution in [3.8, 4) is 5.75 Å². The summed E-state index contributed by atoms with van der Waals surface area (Å²) in [4.78, 5) is 25.6. The van der Waals surface area contributed by atoms with Gasteiger partial charge in [0, 0.05) is 20.0 Å². The molecule has 2 atom stereocenters. The Morgan fingerprint density at radius 1 is 1.06 bits per heavy atom. The maximum Gasteiger partial charge on any atom is 0.320 e. The third kappa shape index (κ3) is 5.54. The van der Waals surface area contributed by atoms with Gasteiger partial charge in [-0.15, -0.1) is 0 Å². The number of phenolic OH excluding ortho intramolecular Hbond substituents is 1. The number of carboxylic acids is 1. The van der Waals surface area contributed by atoms with Crippen LogP contribution >= 0.6 is 0 Å². The van der Waals surface area contributed by atoms with Crippen molar-refractivity contribution >= 4 is 25.1 Å². The van der Waals surface area contributed by atoms with E-state index in [4.69, 9.17) is 0 Å². The van der Waals surface area contributed by atoms with Gasteiger partial charge < -0.3 is 20.4 Å². The van der Waals surface area contributed by atoms with Gasteiger partial charge in [-0.25, -0.2) is 0 Å². The summed E-state index contributed by atoms with van der Waals surface area (Å²) >= 11 is 0. The smallest absolute Gasteiger partial charge is 0.320 e. The van der Waals surface area contributed by atoms with E-state index in [1.165, 1.54) is 5.19 Å². The second-order valence-electron chi connectivity index (χ2n) is 8.94. The summed E-state index contributed by atoms with van der Waals surface area (Å²) in [5, 5.41) is 23.3. The molecule has 0 spiro atoms. The summed E-state index contributed by atoms with van der Waals surface area (Å²) in [6.45, 7) is 7.98. The number of aliphatic carboxylic acids is 1. The molecule has 3 N–H and O–H groups in total. The second kappa shape index (κ2) is 9.66. The number of carboxylic acid groups (broad SMARTS) is 1. The average Bonchev–Trinajstić information content (AvgIpc) is 3.24. The minimum absolute atomic E-state index is 0.0267. The molecule has 0 saturated carbocycles. The monoisotopic (exact) mass is 440 g/mol. The first-order valence-corrected chi connectivity index (χ1v) is 13.8. The van der Waals surface area contributed by atoms with Crippen molar-refractivity contribution in [2.24, 2.45) is 0 Å². The van der Waals surface area contributed by atoms with Crippen molar-refractivity contribution in [3.05, 3.63) is 59.7 Å². The minimum Gasteiger partial charge on any atom is -0.508 e. The van der Waals surface area contributed by atoms with Crippen LogP contribution in [0.5, 0.6) is 5.75 Å². The number of carbonyl (C=O) groups excluding carboxylic acids is 1. The number of hydrogen-bond acceptors (Lipinski definition) is 4. The van der Waals surface area contributed by atoms with Gasteiger partial charge in [-0.05, 0) is 48.2 Å². The number of aromatic hydroxyl groups is 1. The molecule has 1 amide bonds. The molecule has 31 heavy (non-hydrogen) atoms. The summed E-state index contributed by atoms with van der Waals surface area (Å²) in [6.07, 6.45) is 1.62. The van der Waals surface area contributed by atoms with Crippen molar-refractivity contribution in [2.45, 2.75) is 51.0 Å². The van der Waals surface area contributed by atoms with Crippen LogP contribution in [0.3, 0.4) is 0 Å². The minimum atomic E-state index is -1.97. The number of amides is 1. The van der Waals surface area contributed by atoms with Crippen molar-refractivity contribution in [1.29, 1.82) is 0 Å². The second-order valence-corrected chi connectivity index (χ2v) is 13.7. The van der Waals surface area contributed by atoms with Crippen LogP contribution in [-0.2, 0) is 22.6 Å². The highest BCUT2D eigenvalue weighted by atomic mass is 28.3.